The molecule has 0 amide bonds. The molecule has 0 spiro atoms. The third-order valence-corrected chi connectivity index (χ3v) is 6.01. The maximum Gasteiger partial charge on any atom is 0.175 e. The first-order valence-corrected chi connectivity index (χ1v) is 11.2. The number of carbonyl (C=O) groups excluding carboxylic acids is 1. The molecule has 1 unspecified atom stereocenters. The molecule has 35 heavy (non-hydrogen) atoms. The molecule has 1 atom stereocenters. The Hall–Kier alpha value is -4.25. The van der Waals surface area contributed by atoms with Gasteiger partial charge in [-0.15, -0.1) is 0 Å². The number of Topliss-reactive ketones (excluding diaryl/α,β-unsaturated/α-hetero) is 1. The maximum atomic E-state index is 14.4. The standard InChI is InChI=1S/C30H28O5/c1-32-25-16-15-22(17-26(25)33-2)29(21-13-9-6-10-14-21)30(31)24-19-28(35-4)27(34-3)18-23(24)20-11-7-5-8-12-20/h5-19,29H,1-4H3. The Morgan fingerprint density at radius 3 is 1.71 bits per heavy atom. The minimum absolute atomic E-state index is 0.0665. The van der Waals surface area contributed by atoms with Crippen LogP contribution in [0.3, 0.4) is 0 Å². The van der Waals surface area contributed by atoms with E-state index in [2.05, 4.69) is 0 Å². The van der Waals surface area contributed by atoms with E-state index < -0.39 is 5.92 Å². The maximum absolute atomic E-state index is 14.4. The molecule has 0 aromatic heterocycles. The van der Waals surface area contributed by atoms with Crippen LogP contribution in [-0.2, 0) is 0 Å². The van der Waals surface area contributed by atoms with Crippen molar-refractivity contribution in [3.8, 4) is 34.1 Å². The van der Waals surface area contributed by atoms with Crippen LogP contribution in [0.25, 0.3) is 11.1 Å². The SMILES string of the molecule is COc1ccc(C(C(=O)c2cc(OC)c(OC)cc2-c2ccccc2)c2ccccc2)cc1OC. The number of carbonyl (C=O) groups is 1. The lowest BCUT2D eigenvalue weighted by molar-refractivity contribution is 0.0974. The second-order valence-corrected chi connectivity index (χ2v) is 7.94. The molecule has 0 N–H and O–H groups in total. The van der Waals surface area contributed by atoms with Gasteiger partial charge in [0.2, 0.25) is 0 Å². The summed E-state index contributed by atoms with van der Waals surface area (Å²) in [5.41, 5.74) is 3.90. The van der Waals surface area contributed by atoms with Gasteiger partial charge >= 0.3 is 0 Å². The molecular weight excluding hydrogens is 440 g/mol. The van der Waals surface area contributed by atoms with Crippen molar-refractivity contribution in [2.24, 2.45) is 0 Å². The normalized spacial score (nSPS) is 11.4. The Balaban J connectivity index is 1.94. The Bertz CT molecular complexity index is 1300. The Labute approximate surface area is 205 Å². The lowest BCUT2D eigenvalue weighted by Gasteiger charge is -2.21. The second-order valence-electron chi connectivity index (χ2n) is 7.94. The number of rotatable bonds is 9. The minimum Gasteiger partial charge on any atom is -0.493 e. The largest absolute Gasteiger partial charge is 0.493 e. The molecule has 0 heterocycles. The zero-order valence-corrected chi connectivity index (χ0v) is 20.3. The third-order valence-electron chi connectivity index (χ3n) is 6.01. The second kappa shape index (κ2) is 10.8. The number of hydrogen-bond donors (Lipinski definition) is 0. The summed E-state index contributed by atoms with van der Waals surface area (Å²) < 4.78 is 22.1. The van der Waals surface area contributed by atoms with Gasteiger partial charge in [-0.05, 0) is 46.5 Å². The van der Waals surface area contributed by atoms with Gasteiger partial charge in [-0.2, -0.15) is 0 Å². The summed E-state index contributed by atoms with van der Waals surface area (Å²) >= 11 is 0. The van der Waals surface area contributed by atoms with Crippen LogP contribution in [0, 0.1) is 0 Å². The highest BCUT2D eigenvalue weighted by atomic mass is 16.5. The monoisotopic (exact) mass is 468 g/mol. The molecule has 0 aliphatic rings. The van der Waals surface area contributed by atoms with E-state index in [0.717, 1.165) is 22.3 Å². The van der Waals surface area contributed by atoms with Crippen LogP contribution < -0.4 is 18.9 Å². The molecule has 0 fully saturated rings. The number of ether oxygens (including phenoxy) is 4. The number of ketones is 1. The van der Waals surface area contributed by atoms with Gasteiger partial charge in [0.1, 0.15) is 0 Å². The molecule has 0 aliphatic carbocycles. The zero-order valence-electron chi connectivity index (χ0n) is 20.3. The molecule has 4 aromatic rings. The molecule has 5 heteroatoms. The fourth-order valence-electron chi connectivity index (χ4n) is 4.27. The van der Waals surface area contributed by atoms with Gasteiger partial charge in [0, 0.05) is 5.56 Å². The quantitative estimate of drug-likeness (QED) is 0.266. The fourth-order valence-corrected chi connectivity index (χ4v) is 4.27. The molecule has 0 radical (unpaired) electrons. The molecule has 4 rings (SSSR count). The van der Waals surface area contributed by atoms with Crippen LogP contribution >= 0.6 is 0 Å². The first kappa shape index (κ1) is 23.9. The van der Waals surface area contributed by atoms with Crippen molar-refractivity contribution in [1.29, 1.82) is 0 Å². The highest BCUT2D eigenvalue weighted by molar-refractivity contribution is 6.08. The summed E-state index contributed by atoms with van der Waals surface area (Å²) in [5.74, 6) is 1.58. The summed E-state index contributed by atoms with van der Waals surface area (Å²) in [6.45, 7) is 0. The Morgan fingerprint density at radius 2 is 1.11 bits per heavy atom. The summed E-state index contributed by atoms with van der Waals surface area (Å²) in [5, 5.41) is 0. The van der Waals surface area contributed by atoms with Crippen molar-refractivity contribution in [3.05, 3.63) is 108 Å². The first-order valence-electron chi connectivity index (χ1n) is 11.2. The molecule has 0 saturated heterocycles. The van der Waals surface area contributed by atoms with Crippen molar-refractivity contribution < 1.29 is 23.7 Å². The minimum atomic E-state index is -0.573. The van der Waals surface area contributed by atoms with E-state index in [1.807, 2.05) is 84.9 Å². The van der Waals surface area contributed by atoms with Gasteiger partial charge in [-0.25, -0.2) is 0 Å². The summed E-state index contributed by atoms with van der Waals surface area (Å²) in [6.07, 6.45) is 0. The topological polar surface area (TPSA) is 54.0 Å². The summed E-state index contributed by atoms with van der Waals surface area (Å²) in [4.78, 5) is 14.4. The average Bonchev–Trinajstić information content (AvgIpc) is 2.93. The van der Waals surface area contributed by atoms with Crippen LogP contribution in [0.2, 0.25) is 0 Å². The third kappa shape index (κ3) is 4.85. The molecular formula is C30H28O5. The van der Waals surface area contributed by atoms with E-state index in [4.69, 9.17) is 18.9 Å². The van der Waals surface area contributed by atoms with Gasteiger partial charge < -0.3 is 18.9 Å². The van der Waals surface area contributed by atoms with Gasteiger partial charge in [-0.1, -0.05) is 66.7 Å². The van der Waals surface area contributed by atoms with E-state index in [1.54, 1.807) is 34.5 Å². The van der Waals surface area contributed by atoms with Crippen LogP contribution in [0.4, 0.5) is 0 Å². The molecule has 5 nitrogen and oxygen atoms in total. The highest BCUT2D eigenvalue weighted by Crippen LogP contribution is 2.40. The molecule has 0 saturated carbocycles. The van der Waals surface area contributed by atoms with E-state index in [-0.39, 0.29) is 5.78 Å². The van der Waals surface area contributed by atoms with Crippen molar-refractivity contribution in [2.75, 3.05) is 28.4 Å². The molecule has 4 aromatic carbocycles. The molecule has 178 valence electrons. The van der Waals surface area contributed by atoms with Crippen molar-refractivity contribution >= 4 is 5.78 Å². The van der Waals surface area contributed by atoms with Crippen molar-refractivity contribution in [2.45, 2.75) is 5.92 Å². The van der Waals surface area contributed by atoms with E-state index in [1.165, 1.54) is 0 Å². The highest BCUT2D eigenvalue weighted by Gasteiger charge is 2.28. The van der Waals surface area contributed by atoms with Gasteiger partial charge in [0.25, 0.3) is 0 Å². The van der Waals surface area contributed by atoms with Crippen molar-refractivity contribution in [1.82, 2.24) is 0 Å². The molecule has 0 aliphatic heterocycles. The number of hydrogen-bond acceptors (Lipinski definition) is 5. The fraction of sp³-hybridized carbons (Fsp3) is 0.167. The van der Waals surface area contributed by atoms with Crippen LogP contribution in [0.5, 0.6) is 23.0 Å². The van der Waals surface area contributed by atoms with Gasteiger partial charge in [-0.3, -0.25) is 4.79 Å². The Kier molecular flexibility index (Phi) is 7.36. The predicted octanol–water partition coefficient (Wildman–Crippen LogP) is 6.40. The lowest BCUT2D eigenvalue weighted by Crippen LogP contribution is -2.16. The van der Waals surface area contributed by atoms with E-state index in [9.17, 15) is 4.79 Å². The van der Waals surface area contributed by atoms with Crippen molar-refractivity contribution in [3.63, 3.8) is 0 Å². The van der Waals surface area contributed by atoms with Crippen LogP contribution in [0.15, 0.2) is 91.0 Å². The van der Waals surface area contributed by atoms with Gasteiger partial charge in [0.15, 0.2) is 28.8 Å². The Morgan fingerprint density at radius 1 is 0.571 bits per heavy atom. The number of benzene rings is 4. The lowest BCUT2D eigenvalue weighted by atomic mass is 9.82. The van der Waals surface area contributed by atoms with Gasteiger partial charge in [0.05, 0.1) is 34.4 Å². The molecule has 0 bridgehead atoms. The van der Waals surface area contributed by atoms with E-state index in [0.29, 0.717) is 28.6 Å². The van der Waals surface area contributed by atoms with Crippen LogP contribution in [0.1, 0.15) is 27.4 Å². The zero-order chi connectivity index (χ0) is 24.8. The summed E-state index contributed by atoms with van der Waals surface area (Å²) in [6, 6.07) is 28.7. The van der Waals surface area contributed by atoms with E-state index >= 15 is 0 Å². The average molecular weight is 469 g/mol. The first-order chi connectivity index (χ1) is 17.1. The van der Waals surface area contributed by atoms with Crippen LogP contribution in [-0.4, -0.2) is 34.2 Å². The number of methoxy groups -OCH3 is 4. The summed E-state index contributed by atoms with van der Waals surface area (Å²) in [7, 11) is 6.33. The predicted molar refractivity (Wildman–Crippen MR) is 137 cm³/mol. The smallest absolute Gasteiger partial charge is 0.175 e.